The minimum Gasteiger partial charge on any atom is -0.302 e. The third-order valence-electron chi connectivity index (χ3n) is 3.66. The Balaban J connectivity index is 1.91. The van der Waals surface area contributed by atoms with Crippen molar-refractivity contribution in [2.75, 3.05) is 12.3 Å². The van der Waals surface area contributed by atoms with E-state index in [1.165, 1.54) is 0 Å². The molecule has 0 saturated carbocycles. The summed E-state index contributed by atoms with van der Waals surface area (Å²) >= 11 is 0. The average molecular weight is 331 g/mol. The molecule has 122 valence electrons. The quantitative estimate of drug-likeness (QED) is 0.751. The molecule has 0 saturated heterocycles. The van der Waals surface area contributed by atoms with Gasteiger partial charge in [0, 0.05) is 17.6 Å². The van der Waals surface area contributed by atoms with Gasteiger partial charge in [0.15, 0.2) is 9.84 Å². The molecule has 2 aromatic rings. The SMILES string of the molecule is C[C@@H](CCCS(=O)(=O)Cc1cnc2ccccc2c1)NCC#N. The van der Waals surface area contributed by atoms with E-state index in [-0.39, 0.29) is 24.1 Å². The number of hydrogen-bond donors (Lipinski definition) is 1. The zero-order chi connectivity index (χ0) is 16.7. The number of fused-ring (bicyclic) bond motifs is 1. The second-order valence-corrected chi connectivity index (χ2v) is 7.89. The van der Waals surface area contributed by atoms with Crippen LogP contribution in [0.15, 0.2) is 36.5 Å². The maximum atomic E-state index is 12.2. The summed E-state index contributed by atoms with van der Waals surface area (Å²) in [7, 11) is -3.15. The third-order valence-corrected chi connectivity index (χ3v) is 5.34. The van der Waals surface area contributed by atoms with E-state index in [0.717, 1.165) is 22.9 Å². The fourth-order valence-electron chi connectivity index (χ4n) is 2.45. The van der Waals surface area contributed by atoms with Crippen molar-refractivity contribution in [1.29, 1.82) is 5.26 Å². The van der Waals surface area contributed by atoms with E-state index in [1.807, 2.05) is 43.3 Å². The molecule has 0 aliphatic carbocycles. The van der Waals surface area contributed by atoms with E-state index < -0.39 is 9.84 Å². The van der Waals surface area contributed by atoms with Crippen LogP contribution in [0.25, 0.3) is 10.9 Å². The zero-order valence-corrected chi connectivity index (χ0v) is 14.0. The van der Waals surface area contributed by atoms with Crippen LogP contribution in [0.1, 0.15) is 25.3 Å². The van der Waals surface area contributed by atoms with Crippen molar-refractivity contribution in [2.45, 2.75) is 31.6 Å². The summed E-state index contributed by atoms with van der Waals surface area (Å²) in [5.41, 5.74) is 1.59. The molecule has 0 unspecified atom stereocenters. The Bertz CT molecular complexity index is 797. The van der Waals surface area contributed by atoms with Crippen LogP contribution in [0, 0.1) is 11.3 Å². The highest BCUT2D eigenvalue weighted by Crippen LogP contribution is 2.15. The molecule has 0 radical (unpaired) electrons. The molecular weight excluding hydrogens is 310 g/mol. The summed E-state index contributed by atoms with van der Waals surface area (Å²) in [4.78, 5) is 4.30. The van der Waals surface area contributed by atoms with Gasteiger partial charge in [-0.3, -0.25) is 4.98 Å². The molecule has 0 fully saturated rings. The lowest BCUT2D eigenvalue weighted by Crippen LogP contribution is -2.26. The van der Waals surface area contributed by atoms with Crippen molar-refractivity contribution in [1.82, 2.24) is 10.3 Å². The van der Waals surface area contributed by atoms with Crippen molar-refractivity contribution < 1.29 is 8.42 Å². The molecule has 0 aliphatic heterocycles. The molecule has 1 N–H and O–H groups in total. The maximum absolute atomic E-state index is 12.2. The molecule has 0 amide bonds. The fourth-order valence-corrected chi connectivity index (χ4v) is 3.87. The van der Waals surface area contributed by atoms with Crippen molar-refractivity contribution in [3.63, 3.8) is 0 Å². The summed E-state index contributed by atoms with van der Waals surface area (Å²) in [6.07, 6.45) is 2.96. The number of para-hydroxylation sites is 1. The standard InChI is InChI=1S/C17H21N3O2S/c1-14(19-9-8-18)5-4-10-23(21,22)13-15-11-16-6-2-3-7-17(16)20-12-15/h2-3,6-7,11-12,14,19H,4-5,9-10,13H2,1H3/t14-/m0/s1. The van der Waals surface area contributed by atoms with Gasteiger partial charge in [-0.15, -0.1) is 0 Å². The lowest BCUT2D eigenvalue weighted by atomic mass is 10.2. The van der Waals surface area contributed by atoms with Gasteiger partial charge < -0.3 is 5.32 Å². The number of sulfone groups is 1. The number of hydrogen-bond acceptors (Lipinski definition) is 5. The monoisotopic (exact) mass is 331 g/mol. The van der Waals surface area contributed by atoms with Crippen molar-refractivity contribution in [3.8, 4) is 6.07 Å². The predicted molar refractivity (Wildman–Crippen MR) is 91.5 cm³/mol. The van der Waals surface area contributed by atoms with Crippen LogP contribution in [0.3, 0.4) is 0 Å². The van der Waals surface area contributed by atoms with Crippen LogP contribution in [-0.2, 0) is 15.6 Å². The van der Waals surface area contributed by atoms with Crippen molar-refractivity contribution >= 4 is 20.7 Å². The number of pyridine rings is 1. The minimum atomic E-state index is -3.15. The minimum absolute atomic E-state index is 0.0187. The Hall–Kier alpha value is -1.97. The van der Waals surface area contributed by atoms with E-state index in [1.54, 1.807) is 6.20 Å². The van der Waals surface area contributed by atoms with Crippen LogP contribution >= 0.6 is 0 Å². The van der Waals surface area contributed by atoms with Gasteiger partial charge in [0.1, 0.15) is 0 Å². The Kier molecular flexibility index (Phi) is 6.08. The fraction of sp³-hybridized carbons (Fsp3) is 0.412. The van der Waals surface area contributed by atoms with E-state index >= 15 is 0 Å². The molecule has 2 rings (SSSR count). The highest BCUT2D eigenvalue weighted by molar-refractivity contribution is 7.90. The van der Waals surface area contributed by atoms with Gasteiger partial charge in [-0.25, -0.2) is 8.42 Å². The van der Waals surface area contributed by atoms with Gasteiger partial charge in [0.25, 0.3) is 0 Å². The van der Waals surface area contributed by atoms with Crippen LogP contribution in [0.2, 0.25) is 0 Å². The first-order chi connectivity index (χ1) is 11.0. The molecule has 23 heavy (non-hydrogen) atoms. The number of benzene rings is 1. The topological polar surface area (TPSA) is 82.8 Å². The summed E-state index contributed by atoms with van der Waals surface area (Å²) in [5, 5.41) is 12.5. The van der Waals surface area contributed by atoms with Gasteiger partial charge in [0.2, 0.25) is 0 Å². The van der Waals surface area contributed by atoms with Gasteiger partial charge in [-0.05, 0) is 37.5 Å². The molecular formula is C17H21N3O2S. The smallest absolute Gasteiger partial charge is 0.154 e. The first kappa shape index (κ1) is 17.4. The molecule has 0 spiro atoms. The summed E-state index contributed by atoms with van der Waals surface area (Å²) < 4.78 is 24.5. The van der Waals surface area contributed by atoms with Crippen LogP contribution < -0.4 is 5.32 Å². The molecule has 1 aromatic heterocycles. The van der Waals surface area contributed by atoms with E-state index in [2.05, 4.69) is 10.3 Å². The maximum Gasteiger partial charge on any atom is 0.154 e. The lowest BCUT2D eigenvalue weighted by Gasteiger charge is -2.11. The Morgan fingerprint density at radius 1 is 1.35 bits per heavy atom. The first-order valence-electron chi connectivity index (χ1n) is 7.64. The highest BCUT2D eigenvalue weighted by Gasteiger charge is 2.13. The number of rotatable bonds is 8. The Labute approximate surface area is 137 Å². The second-order valence-electron chi connectivity index (χ2n) is 5.71. The largest absolute Gasteiger partial charge is 0.302 e. The second kappa shape index (κ2) is 8.04. The van der Waals surface area contributed by atoms with Crippen molar-refractivity contribution in [3.05, 3.63) is 42.1 Å². The molecule has 1 atom stereocenters. The lowest BCUT2D eigenvalue weighted by molar-refractivity contribution is 0.533. The van der Waals surface area contributed by atoms with Gasteiger partial charge in [-0.1, -0.05) is 18.2 Å². The zero-order valence-electron chi connectivity index (χ0n) is 13.2. The Morgan fingerprint density at radius 2 is 2.13 bits per heavy atom. The molecule has 5 nitrogen and oxygen atoms in total. The van der Waals surface area contributed by atoms with Crippen LogP contribution in [0.4, 0.5) is 0 Å². The number of nitrogens with zero attached hydrogens (tertiary/aromatic N) is 2. The third kappa shape index (κ3) is 5.62. The highest BCUT2D eigenvalue weighted by atomic mass is 32.2. The first-order valence-corrected chi connectivity index (χ1v) is 9.47. The van der Waals surface area contributed by atoms with Crippen LogP contribution in [-0.4, -0.2) is 31.7 Å². The average Bonchev–Trinajstić information content (AvgIpc) is 2.52. The molecule has 0 bridgehead atoms. The molecule has 6 heteroatoms. The van der Waals surface area contributed by atoms with Gasteiger partial charge in [-0.2, -0.15) is 5.26 Å². The van der Waals surface area contributed by atoms with Crippen molar-refractivity contribution in [2.24, 2.45) is 0 Å². The number of nitriles is 1. The number of nitrogens with one attached hydrogen (secondary N) is 1. The summed E-state index contributed by atoms with van der Waals surface area (Å²) in [5.74, 6) is 0.170. The van der Waals surface area contributed by atoms with E-state index in [9.17, 15) is 8.42 Å². The Morgan fingerprint density at radius 3 is 2.91 bits per heavy atom. The van der Waals surface area contributed by atoms with E-state index in [0.29, 0.717) is 6.42 Å². The predicted octanol–water partition coefficient (Wildman–Crippen LogP) is 2.43. The van der Waals surface area contributed by atoms with E-state index in [4.69, 9.17) is 5.26 Å². The number of aromatic nitrogens is 1. The van der Waals surface area contributed by atoms with Crippen LogP contribution in [0.5, 0.6) is 0 Å². The normalized spacial score (nSPS) is 12.9. The molecule has 0 aliphatic rings. The summed E-state index contributed by atoms with van der Waals surface area (Å²) in [6, 6.07) is 11.7. The van der Waals surface area contributed by atoms with Gasteiger partial charge >= 0.3 is 0 Å². The molecule has 1 heterocycles. The molecule has 1 aromatic carbocycles. The summed E-state index contributed by atoms with van der Waals surface area (Å²) in [6.45, 7) is 2.24. The van der Waals surface area contributed by atoms with Gasteiger partial charge in [0.05, 0.1) is 29.6 Å².